The molecule has 29 heavy (non-hydrogen) atoms. The van der Waals surface area contributed by atoms with Gasteiger partial charge in [0.1, 0.15) is 12.2 Å². The van der Waals surface area contributed by atoms with E-state index in [9.17, 15) is 9.59 Å². The maximum atomic E-state index is 13.1. The Bertz CT molecular complexity index is 533. The fourth-order valence-electron chi connectivity index (χ4n) is 5.86. The molecule has 166 valence electrons. The van der Waals surface area contributed by atoms with Gasteiger partial charge in [-0.3, -0.25) is 9.59 Å². The summed E-state index contributed by atoms with van der Waals surface area (Å²) in [7, 11) is 0. The molecule has 0 radical (unpaired) electrons. The number of hydrogen-bond acceptors (Lipinski definition) is 4. The van der Waals surface area contributed by atoms with E-state index in [2.05, 4.69) is 6.92 Å². The molecule has 0 N–H and O–H groups in total. The first kappa shape index (κ1) is 22.6. The maximum Gasteiger partial charge on any atom is 0.310 e. The summed E-state index contributed by atoms with van der Waals surface area (Å²) in [5, 5.41) is 0. The Labute approximate surface area is 177 Å². The molecule has 0 spiro atoms. The second-order valence-corrected chi connectivity index (χ2v) is 10.2. The predicted octanol–water partition coefficient (Wildman–Crippen LogP) is 6.06. The van der Waals surface area contributed by atoms with Crippen LogP contribution in [0.1, 0.15) is 104 Å². The van der Waals surface area contributed by atoms with Gasteiger partial charge in [0.15, 0.2) is 0 Å². The Balaban J connectivity index is 1.58. The molecule has 0 amide bonds. The Kier molecular flexibility index (Phi) is 8.44. The standard InChI is InChI=1S/C25H42O4/c1-17-14-15-22(24(26)28-18(2)20-10-6-4-7-11-20)23(16-17)25(27)29-19(3)21-12-8-5-9-13-21/h17-23H,4-16H2,1-3H3. The molecule has 3 aliphatic carbocycles. The first-order valence-corrected chi connectivity index (χ1v) is 12.4. The summed E-state index contributed by atoms with van der Waals surface area (Å²) in [6.07, 6.45) is 14.5. The molecule has 0 heterocycles. The van der Waals surface area contributed by atoms with Crippen molar-refractivity contribution in [3.8, 4) is 0 Å². The van der Waals surface area contributed by atoms with E-state index in [0.717, 1.165) is 44.9 Å². The van der Waals surface area contributed by atoms with Gasteiger partial charge >= 0.3 is 11.9 Å². The first-order chi connectivity index (χ1) is 14.0. The molecule has 0 aromatic rings. The van der Waals surface area contributed by atoms with Crippen LogP contribution in [0, 0.1) is 29.6 Å². The van der Waals surface area contributed by atoms with E-state index in [1.54, 1.807) is 0 Å². The van der Waals surface area contributed by atoms with Gasteiger partial charge in [-0.2, -0.15) is 0 Å². The lowest BCUT2D eigenvalue weighted by molar-refractivity contribution is -0.172. The molecule has 4 nitrogen and oxygen atoms in total. The van der Waals surface area contributed by atoms with Crippen LogP contribution in [0.4, 0.5) is 0 Å². The molecule has 0 aromatic heterocycles. The number of hydrogen-bond donors (Lipinski definition) is 0. The van der Waals surface area contributed by atoms with E-state index in [4.69, 9.17) is 9.47 Å². The van der Waals surface area contributed by atoms with Crippen molar-refractivity contribution in [1.82, 2.24) is 0 Å². The summed E-state index contributed by atoms with van der Waals surface area (Å²) < 4.78 is 11.9. The average Bonchev–Trinajstić information content (AvgIpc) is 2.74. The van der Waals surface area contributed by atoms with E-state index < -0.39 is 0 Å². The second-order valence-electron chi connectivity index (χ2n) is 10.2. The molecule has 0 aromatic carbocycles. The lowest BCUT2D eigenvalue weighted by Crippen LogP contribution is -2.40. The van der Waals surface area contributed by atoms with Gasteiger partial charge in [0, 0.05) is 0 Å². The van der Waals surface area contributed by atoms with Crippen molar-refractivity contribution in [3.63, 3.8) is 0 Å². The zero-order valence-corrected chi connectivity index (χ0v) is 18.9. The highest BCUT2D eigenvalue weighted by molar-refractivity contribution is 5.82. The molecule has 3 aliphatic rings. The van der Waals surface area contributed by atoms with Crippen molar-refractivity contribution in [2.75, 3.05) is 0 Å². The highest BCUT2D eigenvalue weighted by Crippen LogP contribution is 2.38. The van der Waals surface area contributed by atoms with Crippen molar-refractivity contribution in [2.24, 2.45) is 29.6 Å². The van der Waals surface area contributed by atoms with Gasteiger partial charge in [-0.25, -0.2) is 0 Å². The van der Waals surface area contributed by atoms with Crippen LogP contribution in [0.3, 0.4) is 0 Å². The van der Waals surface area contributed by atoms with Crippen LogP contribution in [-0.4, -0.2) is 24.1 Å². The maximum absolute atomic E-state index is 13.1. The highest BCUT2D eigenvalue weighted by atomic mass is 16.6. The fraction of sp³-hybridized carbons (Fsp3) is 0.920. The summed E-state index contributed by atoms with van der Waals surface area (Å²) >= 11 is 0. The minimum atomic E-state index is -0.337. The quantitative estimate of drug-likeness (QED) is 0.503. The molecule has 0 saturated heterocycles. The van der Waals surface area contributed by atoms with Crippen molar-refractivity contribution >= 4 is 11.9 Å². The van der Waals surface area contributed by atoms with Crippen LogP contribution in [0.5, 0.6) is 0 Å². The zero-order valence-electron chi connectivity index (χ0n) is 18.9. The number of carbonyl (C=O) groups is 2. The topological polar surface area (TPSA) is 52.6 Å². The molecule has 3 fully saturated rings. The third-order valence-electron chi connectivity index (χ3n) is 7.95. The summed E-state index contributed by atoms with van der Waals surface area (Å²) in [5.74, 6) is 0.415. The zero-order chi connectivity index (χ0) is 20.8. The van der Waals surface area contributed by atoms with Gasteiger partial charge < -0.3 is 9.47 Å². The van der Waals surface area contributed by atoms with Gasteiger partial charge in [0.05, 0.1) is 11.8 Å². The first-order valence-electron chi connectivity index (χ1n) is 12.4. The van der Waals surface area contributed by atoms with Crippen molar-refractivity contribution < 1.29 is 19.1 Å². The molecular formula is C25H42O4. The van der Waals surface area contributed by atoms with E-state index in [0.29, 0.717) is 17.8 Å². The summed E-state index contributed by atoms with van der Waals surface area (Å²) in [4.78, 5) is 26.1. The summed E-state index contributed by atoms with van der Waals surface area (Å²) in [6, 6.07) is 0. The van der Waals surface area contributed by atoms with E-state index in [1.807, 2.05) is 13.8 Å². The molecule has 5 unspecified atom stereocenters. The minimum absolute atomic E-state index is 0.0417. The number of rotatable bonds is 6. The lowest BCUT2D eigenvalue weighted by Gasteiger charge is -2.35. The normalized spacial score (nSPS) is 31.6. The van der Waals surface area contributed by atoms with E-state index >= 15 is 0 Å². The van der Waals surface area contributed by atoms with Gasteiger partial charge in [-0.15, -0.1) is 0 Å². The molecule has 5 atom stereocenters. The van der Waals surface area contributed by atoms with Crippen molar-refractivity contribution in [3.05, 3.63) is 0 Å². The summed E-state index contributed by atoms with van der Waals surface area (Å²) in [6.45, 7) is 6.26. The molecule has 3 saturated carbocycles. The van der Waals surface area contributed by atoms with Crippen molar-refractivity contribution in [1.29, 1.82) is 0 Å². The Hall–Kier alpha value is -1.06. The van der Waals surface area contributed by atoms with Crippen LogP contribution in [0.2, 0.25) is 0 Å². The number of esters is 2. The highest BCUT2D eigenvalue weighted by Gasteiger charge is 2.42. The van der Waals surface area contributed by atoms with Gasteiger partial charge in [0.2, 0.25) is 0 Å². The predicted molar refractivity (Wildman–Crippen MR) is 114 cm³/mol. The molecule has 0 aliphatic heterocycles. The van der Waals surface area contributed by atoms with Crippen LogP contribution in [0.25, 0.3) is 0 Å². The van der Waals surface area contributed by atoms with Gasteiger partial charge in [-0.1, -0.05) is 45.4 Å². The average molecular weight is 407 g/mol. The Morgan fingerprint density at radius 3 is 1.59 bits per heavy atom. The molecular weight excluding hydrogens is 364 g/mol. The Morgan fingerprint density at radius 2 is 1.10 bits per heavy atom. The third kappa shape index (κ3) is 6.21. The van der Waals surface area contributed by atoms with E-state index in [1.165, 1.54) is 38.5 Å². The number of carbonyl (C=O) groups excluding carboxylic acids is 2. The van der Waals surface area contributed by atoms with E-state index in [-0.39, 0.29) is 36.0 Å². The molecule has 0 bridgehead atoms. The number of ether oxygens (including phenoxy) is 2. The van der Waals surface area contributed by atoms with Gasteiger partial charge in [0.25, 0.3) is 0 Å². The smallest absolute Gasteiger partial charge is 0.310 e. The molecule has 3 rings (SSSR count). The van der Waals surface area contributed by atoms with Crippen LogP contribution >= 0.6 is 0 Å². The van der Waals surface area contributed by atoms with Crippen LogP contribution in [-0.2, 0) is 19.1 Å². The Morgan fingerprint density at radius 1 is 0.655 bits per heavy atom. The SMILES string of the molecule is CC1CCC(C(=O)OC(C)C2CCCCC2)C(C(=O)OC(C)C2CCCCC2)C1. The summed E-state index contributed by atoms with van der Waals surface area (Å²) in [5.41, 5.74) is 0. The lowest BCUT2D eigenvalue weighted by atomic mass is 9.74. The fourth-order valence-corrected chi connectivity index (χ4v) is 5.86. The third-order valence-corrected chi connectivity index (χ3v) is 7.95. The minimum Gasteiger partial charge on any atom is -0.462 e. The van der Waals surface area contributed by atoms with Crippen LogP contribution in [0.15, 0.2) is 0 Å². The largest absolute Gasteiger partial charge is 0.462 e. The monoisotopic (exact) mass is 406 g/mol. The molecule has 4 heteroatoms. The van der Waals surface area contributed by atoms with Gasteiger partial charge in [-0.05, 0) is 76.5 Å². The van der Waals surface area contributed by atoms with Crippen LogP contribution < -0.4 is 0 Å². The van der Waals surface area contributed by atoms with Crippen molar-refractivity contribution in [2.45, 2.75) is 116 Å². The second kappa shape index (κ2) is 10.8.